The van der Waals surface area contributed by atoms with Gasteiger partial charge in [-0.05, 0) is 43.2 Å². The van der Waals surface area contributed by atoms with Gasteiger partial charge in [0.25, 0.3) is 0 Å². The summed E-state index contributed by atoms with van der Waals surface area (Å²) >= 11 is 0. The molecular formula is C20H24N2O5S. The zero-order valence-electron chi connectivity index (χ0n) is 16.1. The van der Waals surface area contributed by atoms with Crippen LogP contribution in [0.25, 0.3) is 0 Å². The van der Waals surface area contributed by atoms with Gasteiger partial charge in [-0.3, -0.25) is 9.10 Å². The third-order valence-corrected chi connectivity index (χ3v) is 5.58. The van der Waals surface area contributed by atoms with Crippen LogP contribution in [0.4, 0.5) is 11.4 Å². The van der Waals surface area contributed by atoms with Crippen LogP contribution in [0, 0.1) is 6.92 Å². The number of fused-ring (bicyclic) bond motifs is 1. The molecule has 2 aromatic carbocycles. The zero-order valence-corrected chi connectivity index (χ0v) is 17.0. The van der Waals surface area contributed by atoms with Gasteiger partial charge >= 0.3 is 0 Å². The first-order chi connectivity index (χ1) is 13.3. The van der Waals surface area contributed by atoms with Crippen molar-refractivity contribution in [3.63, 3.8) is 0 Å². The molecule has 0 radical (unpaired) electrons. The summed E-state index contributed by atoms with van der Waals surface area (Å²) in [6.07, 6.45) is 1.42. The van der Waals surface area contributed by atoms with Gasteiger partial charge in [0, 0.05) is 11.8 Å². The molecule has 0 aliphatic carbocycles. The van der Waals surface area contributed by atoms with Crippen molar-refractivity contribution in [3.8, 4) is 11.5 Å². The van der Waals surface area contributed by atoms with E-state index in [1.165, 1.54) is 4.31 Å². The molecule has 8 heteroatoms. The molecule has 0 fully saturated rings. The maximum atomic E-state index is 13.0. The van der Waals surface area contributed by atoms with E-state index in [9.17, 15) is 13.2 Å². The topological polar surface area (TPSA) is 84.9 Å². The predicted octanol–water partition coefficient (Wildman–Crippen LogP) is 2.95. The Kier molecular flexibility index (Phi) is 5.79. The Bertz CT molecular complexity index is 974. The lowest BCUT2D eigenvalue weighted by Crippen LogP contribution is -2.47. The fraction of sp³-hybridized carbons (Fsp3) is 0.350. The molecule has 0 aromatic heterocycles. The fourth-order valence-corrected chi connectivity index (χ4v) is 4.38. The van der Waals surface area contributed by atoms with Gasteiger partial charge in [0.05, 0.1) is 11.9 Å². The number of ether oxygens (including phenoxy) is 2. The number of benzene rings is 2. The summed E-state index contributed by atoms with van der Waals surface area (Å²) in [4.78, 5) is 13.0. The van der Waals surface area contributed by atoms with Gasteiger partial charge in [-0.15, -0.1) is 0 Å². The summed E-state index contributed by atoms with van der Waals surface area (Å²) in [5, 5.41) is 2.80. The minimum absolute atomic E-state index is 0.317. The quantitative estimate of drug-likeness (QED) is 0.800. The number of sulfonamides is 1. The lowest BCUT2D eigenvalue weighted by atomic mass is 10.1. The van der Waals surface area contributed by atoms with Crippen LogP contribution in [0.5, 0.6) is 11.5 Å². The summed E-state index contributed by atoms with van der Waals surface area (Å²) in [5.41, 5.74) is 1.89. The van der Waals surface area contributed by atoms with Crippen molar-refractivity contribution in [3.05, 3.63) is 48.0 Å². The van der Waals surface area contributed by atoms with Gasteiger partial charge in [-0.1, -0.05) is 19.1 Å². The summed E-state index contributed by atoms with van der Waals surface area (Å²) in [6.45, 7) is 4.58. The van der Waals surface area contributed by atoms with Gasteiger partial charge in [0.15, 0.2) is 11.5 Å². The van der Waals surface area contributed by atoms with Gasteiger partial charge in [-0.2, -0.15) is 0 Å². The van der Waals surface area contributed by atoms with Crippen LogP contribution in [-0.2, 0) is 14.8 Å². The van der Waals surface area contributed by atoms with Crippen LogP contribution in [-0.4, -0.2) is 39.8 Å². The standard InChI is InChI=1S/C20H24N2O5S/c1-4-17(22(28(3,24)25)16-7-5-6-14(2)12-16)20(23)21-15-8-9-18-19(13-15)27-11-10-26-18/h5-9,12-13,17H,4,10-11H2,1-3H3,(H,21,23)/t17-/m1/s1. The van der Waals surface area contributed by atoms with Crippen molar-refractivity contribution in [2.75, 3.05) is 29.1 Å². The molecule has 0 saturated carbocycles. The summed E-state index contributed by atoms with van der Waals surface area (Å²) in [5.74, 6) is 0.760. The number of anilines is 2. The molecule has 2 aromatic rings. The number of nitrogens with one attached hydrogen (secondary N) is 1. The second-order valence-electron chi connectivity index (χ2n) is 6.67. The Morgan fingerprint density at radius 3 is 2.50 bits per heavy atom. The first kappa shape index (κ1) is 20.0. The van der Waals surface area contributed by atoms with Crippen LogP contribution in [0.2, 0.25) is 0 Å². The molecular weight excluding hydrogens is 380 g/mol. The van der Waals surface area contributed by atoms with Crippen LogP contribution in [0.15, 0.2) is 42.5 Å². The molecule has 1 amide bonds. The van der Waals surface area contributed by atoms with Gasteiger partial charge in [0.2, 0.25) is 15.9 Å². The lowest BCUT2D eigenvalue weighted by molar-refractivity contribution is -0.117. The van der Waals surface area contributed by atoms with E-state index < -0.39 is 22.0 Å². The van der Waals surface area contributed by atoms with Gasteiger partial charge in [0.1, 0.15) is 19.3 Å². The number of aryl methyl sites for hydroxylation is 1. The highest BCUT2D eigenvalue weighted by Crippen LogP contribution is 2.33. The van der Waals surface area contributed by atoms with Crippen molar-refractivity contribution < 1.29 is 22.7 Å². The van der Waals surface area contributed by atoms with E-state index in [0.717, 1.165) is 11.8 Å². The van der Waals surface area contributed by atoms with E-state index in [1.807, 2.05) is 13.0 Å². The van der Waals surface area contributed by atoms with E-state index in [-0.39, 0.29) is 0 Å². The first-order valence-corrected chi connectivity index (χ1v) is 10.9. The molecule has 1 atom stereocenters. The summed E-state index contributed by atoms with van der Waals surface area (Å²) in [7, 11) is -3.67. The average Bonchev–Trinajstić information content (AvgIpc) is 2.64. The smallest absolute Gasteiger partial charge is 0.248 e. The third kappa shape index (κ3) is 4.39. The maximum Gasteiger partial charge on any atom is 0.248 e. The van der Waals surface area contributed by atoms with Crippen LogP contribution in [0.1, 0.15) is 18.9 Å². The number of hydrogen-bond donors (Lipinski definition) is 1. The van der Waals surface area contributed by atoms with Crippen molar-refractivity contribution in [2.45, 2.75) is 26.3 Å². The predicted molar refractivity (Wildman–Crippen MR) is 109 cm³/mol. The fourth-order valence-electron chi connectivity index (χ4n) is 3.17. The molecule has 0 saturated heterocycles. The highest BCUT2D eigenvalue weighted by molar-refractivity contribution is 7.92. The first-order valence-electron chi connectivity index (χ1n) is 9.06. The number of hydrogen-bond acceptors (Lipinski definition) is 5. The van der Waals surface area contributed by atoms with E-state index in [1.54, 1.807) is 43.3 Å². The number of amides is 1. The minimum atomic E-state index is -3.67. The molecule has 1 N–H and O–H groups in total. The zero-order chi connectivity index (χ0) is 20.3. The van der Waals surface area contributed by atoms with E-state index in [4.69, 9.17) is 9.47 Å². The number of nitrogens with zero attached hydrogens (tertiary/aromatic N) is 1. The largest absolute Gasteiger partial charge is 0.486 e. The second-order valence-corrected chi connectivity index (χ2v) is 8.53. The maximum absolute atomic E-state index is 13.0. The molecule has 1 heterocycles. The highest BCUT2D eigenvalue weighted by Gasteiger charge is 2.31. The Morgan fingerprint density at radius 1 is 1.14 bits per heavy atom. The average molecular weight is 404 g/mol. The SMILES string of the molecule is CC[C@H](C(=O)Nc1ccc2c(c1)OCCO2)N(c1cccc(C)c1)S(C)(=O)=O. The molecule has 28 heavy (non-hydrogen) atoms. The monoisotopic (exact) mass is 404 g/mol. The molecule has 150 valence electrons. The van der Waals surface area contributed by atoms with Gasteiger partial charge < -0.3 is 14.8 Å². The number of carbonyl (C=O) groups excluding carboxylic acids is 1. The van der Waals surface area contributed by atoms with Crippen molar-refractivity contribution in [1.29, 1.82) is 0 Å². The second kappa shape index (κ2) is 8.10. The Morgan fingerprint density at radius 2 is 1.86 bits per heavy atom. The van der Waals surface area contributed by atoms with E-state index >= 15 is 0 Å². The molecule has 7 nitrogen and oxygen atoms in total. The number of carbonyl (C=O) groups is 1. The lowest BCUT2D eigenvalue weighted by Gasteiger charge is -2.30. The Labute approximate surface area is 165 Å². The summed E-state index contributed by atoms with van der Waals surface area (Å²) < 4.78 is 37.2. The normalized spacial score (nSPS) is 14.2. The van der Waals surface area contributed by atoms with Gasteiger partial charge in [-0.25, -0.2) is 8.42 Å². The van der Waals surface area contributed by atoms with Crippen LogP contribution < -0.4 is 19.1 Å². The molecule has 0 bridgehead atoms. The molecule has 1 aliphatic heterocycles. The third-order valence-electron chi connectivity index (χ3n) is 4.40. The van der Waals surface area contributed by atoms with Crippen molar-refractivity contribution >= 4 is 27.3 Å². The Balaban J connectivity index is 1.88. The molecule has 0 spiro atoms. The minimum Gasteiger partial charge on any atom is -0.486 e. The highest BCUT2D eigenvalue weighted by atomic mass is 32.2. The molecule has 1 aliphatic rings. The van der Waals surface area contributed by atoms with Crippen molar-refractivity contribution in [1.82, 2.24) is 0 Å². The van der Waals surface area contributed by atoms with E-state index in [2.05, 4.69) is 5.32 Å². The van der Waals surface area contributed by atoms with E-state index in [0.29, 0.717) is 42.5 Å². The molecule has 3 rings (SSSR count). The number of rotatable bonds is 6. The molecule has 0 unspecified atom stereocenters. The van der Waals surface area contributed by atoms with Crippen LogP contribution >= 0.6 is 0 Å². The van der Waals surface area contributed by atoms with Crippen LogP contribution in [0.3, 0.4) is 0 Å². The Hall–Kier alpha value is -2.74. The summed E-state index contributed by atoms with van der Waals surface area (Å²) in [6, 6.07) is 11.3. The van der Waals surface area contributed by atoms with Crippen molar-refractivity contribution in [2.24, 2.45) is 0 Å².